The molecule has 3 aliphatic rings. The Bertz CT molecular complexity index is 305. The van der Waals surface area contributed by atoms with E-state index in [1.807, 2.05) is 0 Å². The summed E-state index contributed by atoms with van der Waals surface area (Å²) in [6, 6.07) is 0.807. The maximum atomic E-state index is 5.55. The van der Waals surface area contributed by atoms with Crippen LogP contribution in [0, 0.1) is 17.3 Å². The molecule has 3 fully saturated rings. The summed E-state index contributed by atoms with van der Waals surface area (Å²) in [6.45, 7) is 5.61. The molecule has 1 N–H and O–H groups in total. The molecule has 2 heteroatoms. The second kappa shape index (κ2) is 7.46. The predicted octanol–water partition coefficient (Wildman–Crippen LogP) is 4.53. The average molecular weight is 293 g/mol. The van der Waals surface area contributed by atoms with E-state index >= 15 is 0 Å². The molecule has 1 saturated heterocycles. The summed E-state index contributed by atoms with van der Waals surface area (Å²) < 4.78 is 5.55. The molecule has 2 saturated carbocycles. The van der Waals surface area contributed by atoms with Crippen LogP contribution in [0.4, 0.5) is 0 Å². The monoisotopic (exact) mass is 293 g/mol. The smallest absolute Gasteiger partial charge is 0.0471 e. The van der Waals surface area contributed by atoms with Gasteiger partial charge in [-0.25, -0.2) is 0 Å². The van der Waals surface area contributed by atoms with Crippen molar-refractivity contribution in [1.82, 2.24) is 5.32 Å². The Labute approximate surface area is 131 Å². The highest BCUT2D eigenvalue weighted by Crippen LogP contribution is 2.39. The van der Waals surface area contributed by atoms with E-state index in [1.165, 1.54) is 77.2 Å². The summed E-state index contributed by atoms with van der Waals surface area (Å²) >= 11 is 0. The van der Waals surface area contributed by atoms with Crippen molar-refractivity contribution in [2.75, 3.05) is 19.8 Å². The molecule has 1 aliphatic heterocycles. The van der Waals surface area contributed by atoms with Gasteiger partial charge in [0.15, 0.2) is 0 Å². The summed E-state index contributed by atoms with van der Waals surface area (Å²) in [5.74, 6) is 2.00. The normalized spacial score (nSPS) is 34.7. The first-order valence-electron chi connectivity index (χ1n) is 9.58. The molecule has 2 aliphatic carbocycles. The summed E-state index contributed by atoms with van der Waals surface area (Å²) in [6.07, 6.45) is 15.8. The Morgan fingerprint density at radius 2 is 1.57 bits per heavy atom. The fourth-order valence-electron chi connectivity index (χ4n) is 4.96. The van der Waals surface area contributed by atoms with Gasteiger partial charge >= 0.3 is 0 Å². The lowest BCUT2D eigenvalue weighted by molar-refractivity contribution is 0.0194. The van der Waals surface area contributed by atoms with Crippen LogP contribution in [0.15, 0.2) is 0 Å². The lowest BCUT2D eigenvalue weighted by Crippen LogP contribution is -2.47. The Balaban J connectivity index is 1.53. The van der Waals surface area contributed by atoms with Crippen LogP contribution in [0.3, 0.4) is 0 Å². The first-order chi connectivity index (χ1) is 10.3. The van der Waals surface area contributed by atoms with Crippen LogP contribution in [0.25, 0.3) is 0 Å². The molecular weight excluding hydrogens is 258 g/mol. The molecule has 21 heavy (non-hydrogen) atoms. The van der Waals surface area contributed by atoms with Crippen LogP contribution in [0.2, 0.25) is 0 Å². The van der Waals surface area contributed by atoms with Crippen LogP contribution in [0.1, 0.15) is 77.6 Å². The highest BCUT2D eigenvalue weighted by atomic mass is 16.5. The predicted molar refractivity (Wildman–Crippen MR) is 88.5 cm³/mol. The molecule has 0 amide bonds. The fraction of sp³-hybridized carbons (Fsp3) is 1.00. The Morgan fingerprint density at radius 3 is 2.33 bits per heavy atom. The maximum absolute atomic E-state index is 5.55. The van der Waals surface area contributed by atoms with E-state index in [-0.39, 0.29) is 0 Å². The van der Waals surface area contributed by atoms with E-state index in [9.17, 15) is 0 Å². The molecule has 0 radical (unpaired) electrons. The second-order valence-corrected chi connectivity index (χ2v) is 8.26. The van der Waals surface area contributed by atoms with Crippen molar-refractivity contribution in [3.8, 4) is 0 Å². The molecular formula is C19H35NO. The van der Waals surface area contributed by atoms with Gasteiger partial charge in [0.25, 0.3) is 0 Å². The molecule has 0 aromatic rings. The Kier molecular flexibility index (Phi) is 5.61. The zero-order valence-electron chi connectivity index (χ0n) is 14.0. The zero-order chi connectivity index (χ0) is 14.5. The van der Waals surface area contributed by atoms with Crippen molar-refractivity contribution in [3.05, 3.63) is 0 Å². The summed E-state index contributed by atoms with van der Waals surface area (Å²) in [5.41, 5.74) is 0.479. The van der Waals surface area contributed by atoms with Crippen LogP contribution in [-0.2, 0) is 4.74 Å². The number of hydrogen-bond donors (Lipinski definition) is 1. The topological polar surface area (TPSA) is 21.3 Å². The minimum absolute atomic E-state index is 0.479. The van der Waals surface area contributed by atoms with Crippen LogP contribution in [0.5, 0.6) is 0 Å². The number of ether oxygens (including phenoxy) is 1. The minimum Gasteiger partial charge on any atom is -0.381 e. The lowest BCUT2D eigenvalue weighted by Gasteiger charge is -2.42. The first kappa shape index (κ1) is 15.8. The van der Waals surface area contributed by atoms with Gasteiger partial charge in [0, 0.05) is 25.8 Å². The molecule has 2 atom stereocenters. The summed E-state index contributed by atoms with van der Waals surface area (Å²) in [7, 11) is 0. The minimum atomic E-state index is 0.479. The molecule has 0 spiro atoms. The van der Waals surface area contributed by atoms with Gasteiger partial charge in [-0.15, -0.1) is 0 Å². The van der Waals surface area contributed by atoms with Gasteiger partial charge < -0.3 is 10.1 Å². The summed E-state index contributed by atoms with van der Waals surface area (Å²) in [5, 5.41) is 4.02. The van der Waals surface area contributed by atoms with Crippen LogP contribution >= 0.6 is 0 Å². The molecule has 1 heterocycles. The number of nitrogens with one attached hydrogen (secondary N) is 1. The van der Waals surface area contributed by atoms with Crippen LogP contribution in [-0.4, -0.2) is 25.8 Å². The average Bonchev–Trinajstić information content (AvgIpc) is 2.55. The lowest BCUT2D eigenvalue weighted by atomic mass is 9.70. The first-order valence-corrected chi connectivity index (χ1v) is 9.58. The molecule has 3 rings (SSSR count). The molecule has 2 unspecified atom stereocenters. The number of rotatable bonds is 4. The van der Waals surface area contributed by atoms with E-state index in [1.54, 1.807) is 0 Å². The fourth-order valence-corrected chi connectivity index (χ4v) is 4.96. The SMILES string of the molecule is CC1(CNC2CCCCC2C2CCCCC2)CCOCC1. The molecule has 122 valence electrons. The van der Waals surface area contributed by atoms with Crippen molar-refractivity contribution < 1.29 is 4.74 Å². The molecule has 0 aromatic carbocycles. The van der Waals surface area contributed by atoms with Crippen molar-refractivity contribution in [3.63, 3.8) is 0 Å². The molecule has 0 bridgehead atoms. The second-order valence-electron chi connectivity index (χ2n) is 8.26. The highest BCUT2D eigenvalue weighted by molar-refractivity contribution is 4.89. The van der Waals surface area contributed by atoms with E-state index in [4.69, 9.17) is 4.74 Å². The zero-order valence-corrected chi connectivity index (χ0v) is 14.0. The standard InChI is InChI=1S/C19H35NO/c1-19(11-13-21-14-12-19)15-20-18-10-6-5-9-17(18)16-7-3-2-4-8-16/h16-18,20H,2-15H2,1H3. The molecule has 0 aromatic heterocycles. The summed E-state index contributed by atoms with van der Waals surface area (Å²) in [4.78, 5) is 0. The van der Waals surface area contributed by atoms with E-state index in [0.717, 1.165) is 31.1 Å². The van der Waals surface area contributed by atoms with E-state index in [2.05, 4.69) is 12.2 Å². The van der Waals surface area contributed by atoms with Gasteiger partial charge in [0.2, 0.25) is 0 Å². The third-order valence-corrected chi connectivity index (χ3v) is 6.57. The van der Waals surface area contributed by atoms with Gasteiger partial charge in [-0.3, -0.25) is 0 Å². The molecule has 2 nitrogen and oxygen atoms in total. The van der Waals surface area contributed by atoms with Crippen molar-refractivity contribution in [1.29, 1.82) is 0 Å². The van der Waals surface area contributed by atoms with Gasteiger partial charge in [-0.2, -0.15) is 0 Å². The third-order valence-electron chi connectivity index (χ3n) is 6.57. The van der Waals surface area contributed by atoms with Gasteiger partial charge in [0.1, 0.15) is 0 Å². The number of hydrogen-bond acceptors (Lipinski definition) is 2. The maximum Gasteiger partial charge on any atom is 0.0471 e. The van der Waals surface area contributed by atoms with E-state index < -0.39 is 0 Å². The quantitative estimate of drug-likeness (QED) is 0.822. The van der Waals surface area contributed by atoms with Gasteiger partial charge in [0.05, 0.1) is 0 Å². The third kappa shape index (κ3) is 4.22. The Hall–Kier alpha value is -0.0800. The van der Waals surface area contributed by atoms with Crippen LogP contribution < -0.4 is 5.32 Å². The van der Waals surface area contributed by atoms with Crippen molar-refractivity contribution >= 4 is 0 Å². The highest BCUT2D eigenvalue weighted by Gasteiger charge is 2.34. The van der Waals surface area contributed by atoms with E-state index in [0.29, 0.717) is 5.41 Å². The van der Waals surface area contributed by atoms with Crippen molar-refractivity contribution in [2.45, 2.75) is 83.6 Å². The van der Waals surface area contributed by atoms with Gasteiger partial charge in [-0.05, 0) is 42.9 Å². The Morgan fingerprint density at radius 1 is 0.905 bits per heavy atom. The largest absolute Gasteiger partial charge is 0.381 e. The van der Waals surface area contributed by atoms with Gasteiger partial charge in [-0.1, -0.05) is 51.9 Å². The van der Waals surface area contributed by atoms with Crippen molar-refractivity contribution in [2.24, 2.45) is 17.3 Å².